The number of carbonyl (C=O) groups excluding carboxylic acids is 1. The highest BCUT2D eigenvalue weighted by Gasteiger charge is 2.36. The minimum Gasteiger partial charge on any atom is -0.497 e. The molecule has 1 atom stereocenters. The van der Waals surface area contributed by atoms with Crippen LogP contribution >= 0.6 is 0 Å². The third-order valence-electron chi connectivity index (χ3n) is 6.21. The SMILES string of the molecule is COc1ccc(OC)c(C2CC(c3ccc(C)cc3C)=NN2C(=O)CN2CCCC2)c1. The van der Waals surface area contributed by atoms with Crippen LogP contribution in [0.15, 0.2) is 41.5 Å². The molecule has 1 fully saturated rings. The first-order valence-corrected chi connectivity index (χ1v) is 10.9. The minimum absolute atomic E-state index is 0.0246. The summed E-state index contributed by atoms with van der Waals surface area (Å²) in [5.41, 5.74) is 5.33. The van der Waals surface area contributed by atoms with Gasteiger partial charge in [-0.1, -0.05) is 23.8 Å². The number of carbonyl (C=O) groups is 1. The molecule has 2 aliphatic heterocycles. The fraction of sp³-hybridized carbons (Fsp3) is 0.440. The van der Waals surface area contributed by atoms with E-state index in [4.69, 9.17) is 14.6 Å². The highest BCUT2D eigenvalue weighted by molar-refractivity contribution is 6.04. The van der Waals surface area contributed by atoms with Crippen LogP contribution in [0.25, 0.3) is 0 Å². The van der Waals surface area contributed by atoms with Crippen molar-refractivity contribution in [3.8, 4) is 11.5 Å². The van der Waals surface area contributed by atoms with Crippen molar-refractivity contribution in [1.29, 1.82) is 0 Å². The van der Waals surface area contributed by atoms with Crippen LogP contribution in [0.4, 0.5) is 0 Å². The summed E-state index contributed by atoms with van der Waals surface area (Å²) in [5.74, 6) is 1.50. The zero-order valence-corrected chi connectivity index (χ0v) is 18.9. The van der Waals surface area contributed by atoms with Gasteiger partial charge in [0.2, 0.25) is 0 Å². The van der Waals surface area contributed by atoms with Crippen molar-refractivity contribution in [2.75, 3.05) is 33.9 Å². The molecule has 31 heavy (non-hydrogen) atoms. The Kier molecular flexibility index (Phi) is 6.28. The molecule has 164 valence electrons. The monoisotopic (exact) mass is 421 g/mol. The van der Waals surface area contributed by atoms with Gasteiger partial charge in [0.05, 0.1) is 32.5 Å². The number of aryl methyl sites for hydroxylation is 2. The van der Waals surface area contributed by atoms with Crippen molar-refractivity contribution in [2.24, 2.45) is 5.10 Å². The van der Waals surface area contributed by atoms with E-state index in [1.165, 1.54) is 11.1 Å². The van der Waals surface area contributed by atoms with Crippen LogP contribution in [-0.2, 0) is 4.79 Å². The van der Waals surface area contributed by atoms with Crippen LogP contribution in [0.5, 0.6) is 11.5 Å². The molecule has 0 aromatic heterocycles. The fourth-order valence-corrected chi connectivity index (χ4v) is 4.59. The molecule has 0 radical (unpaired) electrons. The van der Waals surface area contributed by atoms with E-state index in [0.29, 0.717) is 13.0 Å². The molecule has 4 rings (SSSR count). The Balaban J connectivity index is 1.71. The second-order valence-electron chi connectivity index (χ2n) is 8.41. The first-order chi connectivity index (χ1) is 15.0. The van der Waals surface area contributed by atoms with Gasteiger partial charge in [-0.25, -0.2) is 5.01 Å². The maximum atomic E-state index is 13.4. The predicted octanol–water partition coefficient (Wildman–Crippen LogP) is 4.09. The summed E-state index contributed by atoms with van der Waals surface area (Å²) in [6, 6.07) is 11.9. The summed E-state index contributed by atoms with van der Waals surface area (Å²) in [6.07, 6.45) is 2.94. The molecule has 6 heteroatoms. The first-order valence-electron chi connectivity index (χ1n) is 10.9. The normalized spacial score (nSPS) is 18.9. The standard InChI is InChI=1S/C25H31N3O3/c1-17-7-9-20(18(2)13-17)22-15-23(21-14-19(30-3)8-10-24(21)31-4)28(26-22)25(29)16-27-11-5-6-12-27/h7-10,13-14,23H,5-6,11-12,15-16H2,1-4H3. The van der Waals surface area contributed by atoms with E-state index in [9.17, 15) is 4.79 Å². The molecule has 6 nitrogen and oxygen atoms in total. The first kappa shape index (κ1) is 21.4. The van der Waals surface area contributed by atoms with Crippen LogP contribution in [0.3, 0.4) is 0 Å². The van der Waals surface area contributed by atoms with Crippen molar-refractivity contribution in [3.05, 3.63) is 58.7 Å². The molecule has 0 bridgehead atoms. The van der Waals surface area contributed by atoms with Crippen molar-refractivity contribution >= 4 is 11.6 Å². The Labute approximate surface area is 184 Å². The van der Waals surface area contributed by atoms with Gasteiger partial charge in [-0.05, 0) is 63.5 Å². The van der Waals surface area contributed by atoms with Gasteiger partial charge in [-0.3, -0.25) is 9.69 Å². The molecule has 2 aliphatic rings. The quantitative estimate of drug-likeness (QED) is 0.705. The van der Waals surface area contributed by atoms with Crippen molar-refractivity contribution in [1.82, 2.24) is 9.91 Å². The van der Waals surface area contributed by atoms with Gasteiger partial charge >= 0.3 is 0 Å². The third-order valence-corrected chi connectivity index (χ3v) is 6.21. The van der Waals surface area contributed by atoms with Crippen molar-refractivity contribution in [2.45, 2.75) is 39.2 Å². The predicted molar refractivity (Wildman–Crippen MR) is 122 cm³/mol. The highest BCUT2D eigenvalue weighted by Crippen LogP contribution is 2.39. The molecule has 2 aromatic carbocycles. The average Bonchev–Trinajstić information content (AvgIpc) is 3.43. The van der Waals surface area contributed by atoms with E-state index < -0.39 is 0 Å². The number of hydrazone groups is 1. The lowest BCUT2D eigenvalue weighted by Crippen LogP contribution is -2.37. The molecule has 1 amide bonds. The van der Waals surface area contributed by atoms with Crippen LogP contribution in [0, 0.1) is 13.8 Å². The Hall–Kier alpha value is -2.86. The zero-order valence-electron chi connectivity index (χ0n) is 18.9. The molecule has 0 saturated carbocycles. The maximum absolute atomic E-state index is 13.4. The molecular weight excluding hydrogens is 390 g/mol. The molecule has 2 aromatic rings. The van der Waals surface area contributed by atoms with E-state index in [0.717, 1.165) is 54.3 Å². The summed E-state index contributed by atoms with van der Waals surface area (Å²) in [6.45, 7) is 6.52. The highest BCUT2D eigenvalue weighted by atomic mass is 16.5. The number of ether oxygens (including phenoxy) is 2. The number of hydrogen-bond acceptors (Lipinski definition) is 5. The van der Waals surface area contributed by atoms with Crippen LogP contribution in [-0.4, -0.2) is 55.4 Å². The Morgan fingerprint density at radius 2 is 1.84 bits per heavy atom. The molecule has 1 unspecified atom stereocenters. The summed E-state index contributed by atoms with van der Waals surface area (Å²) in [7, 11) is 3.30. The summed E-state index contributed by atoms with van der Waals surface area (Å²) in [5, 5.41) is 6.53. The second kappa shape index (κ2) is 9.10. The Bertz CT molecular complexity index is 996. The summed E-state index contributed by atoms with van der Waals surface area (Å²) >= 11 is 0. The van der Waals surface area contributed by atoms with Gasteiger partial charge in [0, 0.05) is 17.5 Å². The Morgan fingerprint density at radius 3 is 2.52 bits per heavy atom. The molecule has 0 aliphatic carbocycles. The van der Waals surface area contributed by atoms with Gasteiger partial charge in [-0.2, -0.15) is 5.10 Å². The number of hydrogen-bond donors (Lipinski definition) is 0. The molecule has 0 spiro atoms. The number of methoxy groups -OCH3 is 2. The zero-order chi connectivity index (χ0) is 22.0. The Morgan fingerprint density at radius 1 is 1.06 bits per heavy atom. The number of likely N-dealkylation sites (tertiary alicyclic amines) is 1. The topological polar surface area (TPSA) is 54.4 Å². The second-order valence-corrected chi connectivity index (χ2v) is 8.41. The molecule has 2 heterocycles. The van der Waals surface area contributed by atoms with E-state index in [2.05, 4.69) is 36.9 Å². The lowest BCUT2D eigenvalue weighted by Gasteiger charge is -2.26. The molecule has 1 saturated heterocycles. The van der Waals surface area contributed by atoms with E-state index in [1.54, 1.807) is 19.2 Å². The molecular formula is C25H31N3O3. The van der Waals surface area contributed by atoms with E-state index >= 15 is 0 Å². The van der Waals surface area contributed by atoms with Gasteiger partial charge in [-0.15, -0.1) is 0 Å². The number of rotatable bonds is 6. The smallest absolute Gasteiger partial charge is 0.257 e. The van der Waals surface area contributed by atoms with E-state index in [-0.39, 0.29) is 11.9 Å². The van der Waals surface area contributed by atoms with E-state index in [1.807, 2.05) is 18.2 Å². The lowest BCUT2D eigenvalue weighted by molar-refractivity contribution is -0.134. The largest absolute Gasteiger partial charge is 0.497 e. The lowest BCUT2D eigenvalue weighted by atomic mass is 9.94. The number of benzene rings is 2. The van der Waals surface area contributed by atoms with Crippen molar-refractivity contribution < 1.29 is 14.3 Å². The summed E-state index contributed by atoms with van der Waals surface area (Å²) in [4.78, 5) is 15.6. The van der Waals surface area contributed by atoms with Crippen LogP contribution in [0.1, 0.15) is 47.6 Å². The van der Waals surface area contributed by atoms with Crippen LogP contribution in [0.2, 0.25) is 0 Å². The summed E-state index contributed by atoms with van der Waals surface area (Å²) < 4.78 is 11.1. The van der Waals surface area contributed by atoms with Crippen molar-refractivity contribution in [3.63, 3.8) is 0 Å². The maximum Gasteiger partial charge on any atom is 0.257 e. The molecule has 0 N–H and O–H groups in total. The van der Waals surface area contributed by atoms with Crippen LogP contribution < -0.4 is 9.47 Å². The van der Waals surface area contributed by atoms with Gasteiger partial charge in [0.15, 0.2) is 0 Å². The third kappa shape index (κ3) is 4.44. The van der Waals surface area contributed by atoms with Gasteiger partial charge in [0.1, 0.15) is 11.5 Å². The van der Waals surface area contributed by atoms with Gasteiger partial charge < -0.3 is 9.47 Å². The number of amides is 1. The number of nitrogens with zero attached hydrogens (tertiary/aromatic N) is 3. The van der Waals surface area contributed by atoms with Gasteiger partial charge in [0.25, 0.3) is 5.91 Å². The minimum atomic E-state index is -0.226. The average molecular weight is 422 g/mol. The fourth-order valence-electron chi connectivity index (χ4n) is 4.59.